The van der Waals surface area contributed by atoms with E-state index in [9.17, 15) is 58.2 Å². The van der Waals surface area contributed by atoms with Gasteiger partial charge in [0.15, 0.2) is 5.96 Å². The van der Waals surface area contributed by atoms with Crippen LogP contribution in [0.25, 0.3) is 0 Å². The summed E-state index contributed by atoms with van der Waals surface area (Å²) >= 11 is 4.13. The molecule has 5 atom stereocenters. The van der Waals surface area contributed by atoms with Gasteiger partial charge in [0, 0.05) is 18.2 Å². The largest absolute Gasteiger partial charge is 0.481 e. The number of amides is 8. The van der Waals surface area contributed by atoms with Crippen LogP contribution in [-0.4, -0.2) is 136 Å². The van der Waals surface area contributed by atoms with Crippen molar-refractivity contribution in [1.82, 2.24) is 36.8 Å². The standard InChI is InChI=1S/C30H48N10O12S/c1-13(2)23-27(50)38-18(12-53)29(52)40(28(51)14(3)4)11-20(42)35-15(6-5-7-33-30(31)32)24(47)34-10-19(41)36-16(8-21(43)44)25(48)37-17(9-22(45)46)26(49)39-23/h13-18,23,53H,5-12H2,1-4H3,(H,34,47)(H,35,42)(H,36,41)(H,37,48)(H,38,50)(H,39,49)(H,43,44)(H,45,46)(H4,31,32,33)/t15-,16-,17+,18+,23+/m0/s1. The fourth-order valence-corrected chi connectivity index (χ4v) is 4.98. The number of hydrogen-bond acceptors (Lipinski definition) is 12. The normalized spacial score (nSPS) is 23.0. The van der Waals surface area contributed by atoms with E-state index in [-0.39, 0.29) is 25.3 Å². The SMILES string of the molecule is CC(C)C(=O)N1CC(=O)N[C@@H](CCCN=C(N)N)C(=O)NCC(=O)N[C@@H](CC(=O)O)C(=O)N[C@H](CC(=O)O)C(=O)N[C@H](C(C)C)C(=O)N[C@H](CS)C1=O. The van der Waals surface area contributed by atoms with Gasteiger partial charge < -0.3 is 53.6 Å². The van der Waals surface area contributed by atoms with Crippen LogP contribution in [-0.2, 0) is 47.9 Å². The summed E-state index contributed by atoms with van der Waals surface area (Å²) in [4.78, 5) is 134. The minimum absolute atomic E-state index is 0.0197. The molecule has 1 aliphatic rings. The number of thiol groups is 1. The van der Waals surface area contributed by atoms with Crippen molar-refractivity contribution < 1.29 is 58.2 Å². The first kappa shape index (κ1) is 45.5. The van der Waals surface area contributed by atoms with E-state index < -0.39 is 133 Å². The quantitative estimate of drug-likeness (QED) is 0.0406. The molecule has 0 unspecified atom stereocenters. The lowest BCUT2D eigenvalue weighted by Gasteiger charge is -2.30. The molecule has 0 aromatic rings. The molecular weight excluding hydrogens is 724 g/mol. The first-order chi connectivity index (χ1) is 24.7. The maximum atomic E-state index is 13.7. The Hall–Kier alpha value is -5.48. The van der Waals surface area contributed by atoms with Gasteiger partial charge in [-0.1, -0.05) is 27.7 Å². The number of nitrogens with two attached hydrogens (primary N) is 2. The van der Waals surface area contributed by atoms with Crippen LogP contribution in [0.15, 0.2) is 4.99 Å². The van der Waals surface area contributed by atoms with Crippen LogP contribution in [0.5, 0.6) is 0 Å². The molecule has 53 heavy (non-hydrogen) atoms. The Kier molecular flexibility index (Phi) is 18.7. The number of nitrogens with one attached hydrogen (secondary N) is 6. The Bertz CT molecular complexity index is 1450. The molecule has 22 nitrogen and oxygen atoms in total. The molecule has 12 N–H and O–H groups in total. The summed E-state index contributed by atoms with van der Waals surface area (Å²) < 4.78 is 0. The molecule has 0 bridgehead atoms. The minimum atomic E-state index is -1.89. The van der Waals surface area contributed by atoms with Crippen molar-refractivity contribution in [1.29, 1.82) is 0 Å². The number of rotatable bonds is 11. The number of hydrogen-bond donors (Lipinski definition) is 11. The van der Waals surface area contributed by atoms with Crippen molar-refractivity contribution >= 4 is 77.8 Å². The van der Waals surface area contributed by atoms with Gasteiger partial charge in [-0.3, -0.25) is 57.8 Å². The Morgan fingerprint density at radius 1 is 0.774 bits per heavy atom. The van der Waals surface area contributed by atoms with Crippen molar-refractivity contribution in [2.45, 2.75) is 83.6 Å². The van der Waals surface area contributed by atoms with Gasteiger partial charge >= 0.3 is 11.9 Å². The van der Waals surface area contributed by atoms with Gasteiger partial charge in [0.05, 0.1) is 19.4 Å². The van der Waals surface area contributed by atoms with Crippen LogP contribution in [0, 0.1) is 11.8 Å². The second-order valence-corrected chi connectivity index (χ2v) is 12.9. The highest BCUT2D eigenvalue weighted by atomic mass is 32.1. The van der Waals surface area contributed by atoms with E-state index >= 15 is 0 Å². The molecule has 0 aromatic carbocycles. The molecule has 0 saturated carbocycles. The molecule has 8 amide bonds. The number of nitrogens with zero attached hydrogens (tertiary/aromatic N) is 2. The number of carboxylic acids is 2. The second kappa shape index (κ2) is 21.8. The molecule has 0 aliphatic carbocycles. The van der Waals surface area contributed by atoms with Crippen molar-refractivity contribution in [3.05, 3.63) is 0 Å². The third kappa shape index (κ3) is 15.7. The summed E-state index contributed by atoms with van der Waals surface area (Å²) in [6, 6.07) is -8.18. The lowest BCUT2D eigenvalue weighted by molar-refractivity contribution is -0.151. The predicted molar refractivity (Wildman–Crippen MR) is 187 cm³/mol. The summed E-state index contributed by atoms with van der Waals surface area (Å²) in [7, 11) is 0. The third-order valence-electron chi connectivity index (χ3n) is 7.43. The minimum Gasteiger partial charge on any atom is -0.481 e. The number of guanidine groups is 1. The van der Waals surface area contributed by atoms with Gasteiger partial charge in [-0.2, -0.15) is 12.6 Å². The maximum Gasteiger partial charge on any atom is 0.305 e. The van der Waals surface area contributed by atoms with Crippen LogP contribution in [0.1, 0.15) is 53.4 Å². The summed E-state index contributed by atoms with van der Waals surface area (Å²) in [5.41, 5.74) is 10.7. The van der Waals surface area contributed by atoms with E-state index in [0.29, 0.717) is 4.90 Å². The summed E-state index contributed by atoms with van der Waals surface area (Å²) in [6.45, 7) is 4.13. The Morgan fingerprint density at radius 2 is 1.30 bits per heavy atom. The average Bonchev–Trinajstić information content (AvgIpc) is 3.06. The zero-order valence-electron chi connectivity index (χ0n) is 29.7. The Labute approximate surface area is 309 Å². The number of imide groups is 1. The fourth-order valence-electron chi connectivity index (χ4n) is 4.73. The monoisotopic (exact) mass is 772 g/mol. The lowest BCUT2D eigenvalue weighted by atomic mass is 10.0. The summed E-state index contributed by atoms with van der Waals surface area (Å²) in [6.07, 6.45) is -2.07. The number of aliphatic carboxylic acids is 2. The Morgan fingerprint density at radius 3 is 1.81 bits per heavy atom. The number of aliphatic imine (C=N–C) groups is 1. The molecule has 296 valence electrons. The highest BCUT2D eigenvalue weighted by molar-refractivity contribution is 7.80. The molecular formula is C30H48N10O12S. The van der Waals surface area contributed by atoms with Gasteiger partial charge in [0.1, 0.15) is 36.8 Å². The first-order valence-corrected chi connectivity index (χ1v) is 17.0. The molecule has 1 saturated heterocycles. The van der Waals surface area contributed by atoms with Gasteiger partial charge in [-0.25, -0.2) is 0 Å². The number of carboxylic acid groups (broad SMARTS) is 2. The smallest absolute Gasteiger partial charge is 0.305 e. The van der Waals surface area contributed by atoms with Crippen LogP contribution in [0.2, 0.25) is 0 Å². The van der Waals surface area contributed by atoms with Crippen molar-refractivity contribution in [3.63, 3.8) is 0 Å². The third-order valence-corrected chi connectivity index (χ3v) is 7.80. The molecule has 1 fully saturated rings. The van der Waals surface area contributed by atoms with Crippen LogP contribution in [0.4, 0.5) is 0 Å². The van der Waals surface area contributed by atoms with E-state index in [4.69, 9.17) is 11.5 Å². The first-order valence-electron chi connectivity index (χ1n) is 16.4. The highest BCUT2D eigenvalue weighted by Crippen LogP contribution is 2.10. The van der Waals surface area contributed by atoms with E-state index in [1.807, 2.05) is 0 Å². The van der Waals surface area contributed by atoms with Crippen molar-refractivity contribution in [2.75, 3.05) is 25.4 Å². The topological polar surface area (TPSA) is 351 Å². The zero-order chi connectivity index (χ0) is 40.6. The van der Waals surface area contributed by atoms with Crippen molar-refractivity contribution in [2.24, 2.45) is 28.3 Å². The van der Waals surface area contributed by atoms with Gasteiger partial charge in [0.2, 0.25) is 41.4 Å². The van der Waals surface area contributed by atoms with E-state index in [2.05, 4.69) is 49.5 Å². The maximum absolute atomic E-state index is 13.7. The Balaban J connectivity index is 3.73. The second-order valence-electron chi connectivity index (χ2n) is 12.6. The summed E-state index contributed by atoms with van der Waals surface area (Å²) in [5, 5.41) is 32.3. The van der Waals surface area contributed by atoms with Gasteiger partial charge in [-0.05, 0) is 18.8 Å². The van der Waals surface area contributed by atoms with Crippen LogP contribution < -0.4 is 43.4 Å². The highest BCUT2D eigenvalue weighted by Gasteiger charge is 2.37. The summed E-state index contributed by atoms with van der Waals surface area (Å²) in [5.74, 6) is -13.7. The number of carbonyl (C=O) groups is 10. The number of carbonyl (C=O) groups excluding carboxylic acids is 8. The lowest BCUT2D eigenvalue weighted by Crippen LogP contribution is -2.61. The molecule has 0 aromatic heterocycles. The van der Waals surface area contributed by atoms with E-state index in [1.165, 1.54) is 27.7 Å². The fraction of sp³-hybridized carbons (Fsp3) is 0.633. The van der Waals surface area contributed by atoms with Crippen LogP contribution in [0.3, 0.4) is 0 Å². The van der Waals surface area contributed by atoms with Gasteiger partial charge in [-0.15, -0.1) is 0 Å². The average molecular weight is 773 g/mol. The predicted octanol–water partition coefficient (Wildman–Crippen LogP) is -4.86. The zero-order valence-corrected chi connectivity index (χ0v) is 30.6. The molecule has 1 rings (SSSR count). The molecule has 0 spiro atoms. The van der Waals surface area contributed by atoms with Crippen LogP contribution >= 0.6 is 12.6 Å². The molecule has 1 aliphatic heterocycles. The molecule has 0 radical (unpaired) electrons. The van der Waals surface area contributed by atoms with E-state index in [1.54, 1.807) is 0 Å². The molecule has 23 heteroatoms. The van der Waals surface area contributed by atoms with Gasteiger partial charge in [0.25, 0.3) is 5.91 Å². The molecule has 1 heterocycles. The van der Waals surface area contributed by atoms with Crippen molar-refractivity contribution in [3.8, 4) is 0 Å². The van der Waals surface area contributed by atoms with E-state index in [0.717, 1.165) is 0 Å².